The maximum atomic E-state index is 13.1. The van der Waals surface area contributed by atoms with Crippen LogP contribution in [-0.4, -0.2) is 20.7 Å². The predicted octanol–water partition coefficient (Wildman–Crippen LogP) is 4.40. The molecule has 0 saturated carbocycles. The Morgan fingerprint density at radius 1 is 0.897 bits per heavy atom. The normalized spacial score (nSPS) is 11.8. The topological polar surface area (TPSA) is 59.8 Å². The first-order valence-electron chi connectivity index (χ1n) is 9.52. The number of benzene rings is 2. The van der Waals surface area contributed by atoms with E-state index in [-0.39, 0.29) is 11.9 Å². The van der Waals surface area contributed by atoms with Crippen LogP contribution in [0.15, 0.2) is 85.2 Å². The maximum Gasteiger partial charge on any atom is 0.255 e. The summed E-state index contributed by atoms with van der Waals surface area (Å²) in [6, 6.07) is 23.6. The molecule has 1 unspecified atom stereocenters. The summed E-state index contributed by atoms with van der Waals surface area (Å²) in [6.45, 7) is 3.93. The molecule has 1 N–H and O–H groups in total. The van der Waals surface area contributed by atoms with Crippen LogP contribution in [0, 0.1) is 13.8 Å². The van der Waals surface area contributed by atoms with Gasteiger partial charge in [-0.3, -0.25) is 4.79 Å². The van der Waals surface area contributed by atoms with E-state index in [0.29, 0.717) is 11.4 Å². The number of hydrogen-bond acceptors (Lipinski definition) is 3. The molecule has 0 spiro atoms. The third-order valence-electron chi connectivity index (χ3n) is 4.94. The average molecular weight is 382 g/mol. The molecule has 0 aliphatic carbocycles. The largest absolute Gasteiger partial charge is 0.341 e. The zero-order valence-corrected chi connectivity index (χ0v) is 16.4. The number of rotatable bonds is 5. The van der Waals surface area contributed by atoms with Crippen molar-refractivity contribution in [3.05, 3.63) is 113 Å². The highest BCUT2D eigenvalue weighted by Crippen LogP contribution is 2.23. The summed E-state index contributed by atoms with van der Waals surface area (Å²) in [6.07, 6.45) is 3.30. The van der Waals surface area contributed by atoms with Gasteiger partial charge in [0.2, 0.25) is 0 Å². The van der Waals surface area contributed by atoms with Crippen molar-refractivity contribution in [3.8, 4) is 5.82 Å². The van der Waals surface area contributed by atoms with Gasteiger partial charge in [0.15, 0.2) is 5.82 Å². The van der Waals surface area contributed by atoms with Crippen LogP contribution < -0.4 is 5.32 Å². The fraction of sp³-hybridized carbons (Fsp3) is 0.125. The van der Waals surface area contributed by atoms with Crippen molar-refractivity contribution in [1.82, 2.24) is 20.1 Å². The molecule has 1 amide bonds. The number of carbonyl (C=O) groups excluding carboxylic acids is 1. The monoisotopic (exact) mass is 382 g/mol. The van der Waals surface area contributed by atoms with Crippen LogP contribution in [0.1, 0.15) is 38.8 Å². The van der Waals surface area contributed by atoms with Crippen LogP contribution in [-0.2, 0) is 0 Å². The van der Waals surface area contributed by atoms with E-state index in [9.17, 15) is 4.79 Å². The molecule has 5 nitrogen and oxygen atoms in total. The molecule has 0 aliphatic rings. The lowest BCUT2D eigenvalue weighted by Crippen LogP contribution is -2.29. The third-order valence-corrected chi connectivity index (χ3v) is 4.94. The minimum atomic E-state index is -0.248. The van der Waals surface area contributed by atoms with Gasteiger partial charge in [-0.15, -0.1) is 0 Å². The molecular formula is C24H22N4O. The minimum Gasteiger partial charge on any atom is -0.341 e. The van der Waals surface area contributed by atoms with E-state index in [2.05, 4.69) is 46.6 Å². The number of aryl methyl sites for hydroxylation is 1. The van der Waals surface area contributed by atoms with Crippen molar-refractivity contribution >= 4 is 5.91 Å². The van der Waals surface area contributed by atoms with E-state index in [0.717, 1.165) is 16.8 Å². The Morgan fingerprint density at radius 2 is 1.59 bits per heavy atom. The molecular weight excluding hydrogens is 360 g/mol. The van der Waals surface area contributed by atoms with Crippen LogP contribution in [0.5, 0.6) is 0 Å². The summed E-state index contributed by atoms with van der Waals surface area (Å²) in [5.41, 5.74) is 4.52. The lowest BCUT2D eigenvalue weighted by molar-refractivity contribution is 0.0942. The summed E-state index contributed by atoms with van der Waals surface area (Å²) in [5.74, 6) is 0.515. The van der Waals surface area contributed by atoms with Crippen LogP contribution in [0.2, 0.25) is 0 Å². The van der Waals surface area contributed by atoms with E-state index in [4.69, 9.17) is 0 Å². The first-order valence-corrected chi connectivity index (χ1v) is 9.52. The summed E-state index contributed by atoms with van der Waals surface area (Å²) in [4.78, 5) is 17.5. The molecule has 144 valence electrons. The van der Waals surface area contributed by atoms with Gasteiger partial charge in [0, 0.05) is 6.20 Å². The lowest BCUT2D eigenvalue weighted by Gasteiger charge is -2.20. The van der Waals surface area contributed by atoms with Crippen LogP contribution in [0.4, 0.5) is 0 Å². The average Bonchev–Trinajstić information content (AvgIpc) is 3.15. The van der Waals surface area contributed by atoms with Crippen LogP contribution >= 0.6 is 0 Å². The third kappa shape index (κ3) is 3.94. The number of aromatic nitrogens is 3. The second-order valence-electron chi connectivity index (χ2n) is 6.97. The fourth-order valence-electron chi connectivity index (χ4n) is 3.31. The van der Waals surface area contributed by atoms with Gasteiger partial charge in [-0.05, 0) is 37.1 Å². The highest BCUT2D eigenvalue weighted by molar-refractivity contribution is 5.95. The smallest absolute Gasteiger partial charge is 0.255 e. The van der Waals surface area contributed by atoms with Gasteiger partial charge in [0.1, 0.15) is 0 Å². The Kier molecular flexibility index (Phi) is 5.20. The minimum absolute atomic E-state index is 0.167. The van der Waals surface area contributed by atoms with Gasteiger partial charge in [0.25, 0.3) is 5.91 Å². The second-order valence-corrected chi connectivity index (χ2v) is 6.97. The first-order chi connectivity index (χ1) is 14.1. The summed E-state index contributed by atoms with van der Waals surface area (Å²) in [5, 5.41) is 7.54. The standard InChI is InChI=1S/C24H22N4O/c1-17-11-13-20(14-12-17)23(19-8-4-3-5-9-19)27-24(29)21-16-26-28(18(21)2)22-10-6-7-15-25-22/h3-16,23H,1-2H3,(H,27,29). The first kappa shape index (κ1) is 18.6. The number of nitrogens with one attached hydrogen (secondary N) is 1. The molecule has 5 heteroatoms. The molecule has 1 atom stereocenters. The lowest BCUT2D eigenvalue weighted by atomic mass is 9.97. The Hall–Kier alpha value is -3.73. The Balaban J connectivity index is 1.65. The number of amides is 1. The van der Waals surface area contributed by atoms with Crippen molar-refractivity contribution in [2.24, 2.45) is 0 Å². The molecule has 0 saturated heterocycles. The molecule has 0 aliphatic heterocycles. The van der Waals surface area contributed by atoms with Crippen molar-refractivity contribution in [3.63, 3.8) is 0 Å². The molecule has 4 rings (SSSR count). The molecule has 2 aromatic carbocycles. The van der Waals surface area contributed by atoms with Gasteiger partial charge in [-0.1, -0.05) is 66.2 Å². The van der Waals surface area contributed by atoms with Gasteiger partial charge in [0.05, 0.1) is 23.5 Å². The van der Waals surface area contributed by atoms with Crippen molar-refractivity contribution in [2.45, 2.75) is 19.9 Å². The molecule has 0 bridgehead atoms. The van der Waals surface area contributed by atoms with E-state index >= 15 is 0 Å². The number of nitrogens with zero attached hydrogens (tertiary/aromatic N) is 3. The Bertz CT molecular complexity index is 1100. The highest BCUT2D eigenvalue weighted by atomic mass is 16.1. The van der Waals surface area contributed by atoms with Gasteiger partial charge in [-0.25, -0.2) is 9.67 Å². The van der Waals surface area contributed by atoms with Gasteiger partial charge in [-0.2, -0.15) is 5.10 Å². The predicted molar refractivity (Wildman–Crippen MR) is 113 cm³/mol. The van der Waals surface area contributed by atoms with Gasteiger partial charge >= 0.3 is 0 Å². The SMILES string of the molecule is Cc1ccc(C(NC(=O)c2cnn(-c3ccccn3)c2C)c2ccccc2)cc1. The molecule has 2 heterocycles. The fourth-order valence-corrected chi connectivity index (χ4v) is 3.31. The second kappa shape index (κ2) is 8.10. The molecule has 0 fully saturated rings. The maximum absolute atomic E-state index is 13.1. The Morgan fingerprint density at radius 3 is 2.28 bits per heavy atom. The van der Waals surface area contributed by atoms with E-state index in [1.165, 1.54) is 5.56 Å². The van der Waals surface area contributed by atoms with Crippen molar-refractivity contribution < 1.29 is 4.79 Å². The van der Waals surface area contributed by atoms with E-state index in [1.807, 2.05) is 55.5 Å². The van der Waals surface area contributed by atoms with E-state index < -0.39 is 0 Å². The number of carbonyl (C=O) groups is 1. The molecule has 2 aromatic heterocycles. The number of pyridine rings is 1. The quantitative estimate of drug-likeness (QED) is 0.556. The summed E-state index contributed by atoms with van der Waals surface area (Å²) in [7, 11) is 0. The molecule has 0 radical (unpaired) electrons. The number of hydrogen-bond donors (Lipinski definition) is 1. The molecule has 29 heavy (non-hydrogen) atoms. The van der Waals surface area contributed by atoms with Crippen molar-refractivity contribution in [1.29, 1.82) is 0 Å². The zero-order valence-electron chi connectivity index (χ0n) is 16.4. The Labute approximate surface area is 170 Å². The van der Waals surface area contributed by atoms with Crippen LogP contribution in [0.3, 0.4) is 0 Å². The van der Waals surface area contributed by atoms with E-state index in [1.54, 1.807) is 17.1 Å². The molecule has 4 aromatic rings. The van der Waals surface area contributed by atoms with Gasteiger partial charge < -0.3 is 5.32 Å². The van der Waals surface area contributed by atoms with Crippen LogP contribution in [0.25, 0.3) is 5.82 Å². The highest BCUT2D eigenvalue weighted by Gasteiger charge is 2.21. The van der Waals surface area contributed by atoms with Crippen molar-refractivity contribution in [2.75, 3.05) is 0 Å². The zero-order chi connectivity index (χ0) is 20.2. The summed E-state index contributed by atoms with van der Waals surface area (Å²) < 4.78 is 1.68. The summed E-state index contributed by atoms with van der Waals surface area (Å²) >= 11 is 0.